The number of nitrogens with zero attached hydrogens (tertiary/aromatic N) is 1. The number of aromatic nitrogens is 2. The number of hydrogen-bond acceptors (Lipinski definition) is 4. The summed E-state index contributed by atoms with van der Waals surface area (Å²) in [5.41, 5.74) is 2.94. The minimum absolute atomic E-state index is 0.116. The Hall–Kier alpha value is -1.40. The first kappa shape index (κ1) is 10.7. The molecular weight excluding hydrogens is 186 g/mol. The van der Waals surface area contributed by atoms with E-state index in [1.54, 1.807) is 7.11 Å². The highest BCUT2D eigenvalue weighted by Gasteiger charge is 2.19. The Bertz CT molecular complexity index is 269. The summed E-state index contributed by atoms with van der Waals surface area (Å²) in [7, 11) is 1.65. The number of hydrogen-bond donors (Lipinski definition) is 3. The van der Waals surface area contributed by atoms with Crippen molar-refractivity contribution in [3.8, 4) is 0 Å². The van der Waals surface area contributed by atoms with Gasteiger partial charge in [-0.3, -0.25) is 0 Å². The molecule has 0 aliphatic heterocycles. The zero-order chi connectivity index (χ0) is 10.4. The predicted octanol–water partition coefficient (Wildman–Crippen LogP) is 0.408. The molecule has 0 aromatic carbocycles. The highest BCUT2D eigenvalue weighted by Crippen LogP contribution is 2.17. The van der Waals surface area contributed by atoms with Crippen molar-refractivity contribution >= 4 is 5.97 Å². The van der Waals surface area contributed by atoms with E-state index < -0.39 is 5.97 Å². The molecule has 6 nitrogen and oxygen atoms in total. The second-order valence-electron chi connectivity index (χ2n) is 2.87. The number of nitrogens with one attached hydrogen (secondary N) is 2. The van der Waals surface area contributed by atoms with E-state index in [1.165, 1.54) is 25.4 Å². The average Bonchev–Trinajstić information content (AvgIpc) is 2.82. The van der Waals surface area contributed by atoms with Crippen LogP contribution in [0.2, 0.25) is 0 Å². The van der Waals surface area contributed by atoms with Crippen molar-refractivity contribution in [1.29, 1.82) is 0 Å². The van der Waals surface area contributed by atoms with E-state index in [0.29, 0.717) is 6.04 Å². The van der Waals surface area contributed by atoms with E-state index in [2.05, 4.69) is 20.3 Å². The summed E-state index contributed by atoms with van der Waals surface area (Å²) in [6, 6.07) is 0.676. The lowest BCUT2D eigenvalue weighted by molar-refractivity contribution is 0.0691. The first-order valence-electron chi connectivity index (χ1n) is 4.24. The van der Waals surface area contributed by atoms with Crippen LogP contribution in [0.25, 0.3) is 0 Å². The number of carbonyl (C=O) groups is 1. The molecule has 0 amide bonds. The Labute approximate surface area is 81.3 Å². The van der Waals surface area contributed by atoms with Gasteiger partial charge < -0.3 is 14.9 Å². The van der Waals surface area contributed by atoms with Crippen molar-refractivity contribution in [2.45, 2.75) is 18.9 Å². The Morgan fingerprint density at radius 3 is 2.71 bits per heavy atom. The van der Waals surface area contributed by atoms with Crippen LogP contribution in [0.4, 0.5) is 0 Å². The van der Waals surface area contributed by atoms with E-state index in [9.17, 15) is 4.79 Å². The maximum Gasteiger partial charge on any atom is 0.353 e. The zero-order valence-corrected chi connectivity index (χ0v) is 7.86. The summed E-state index contributed by atoms with van der Waals surface area (Å²) < 4.78 is 0. The van der Waals surface area contributed by atoms with Gasteiger partial charge in [-0.05, 0) is 12.8 Å². The van der Waals surface area contributed by atoms with Gasteiger partial charge in [0.1, 0.15) is 5.69 Å². The summed E-state index contributed by atoms with van der Waals surface area (Å²) in [4.78, 5) is 20.5. The third kappa shape index (κ3) is 4.01. The van der Waals surface area contributed by atoms with Crippen LogP contribution >= 0.6 is 0 Å². The predicted molar refractivity (Wildman–Crippen MR) is 48.7 cm³/mol. The van der Waals surface area contributed by atoms with Crippen LogP contribution in [0, 0.1) is 0 Å². The van der Waals surface area contributed by atoms with Crippen LogP contribution in [0.5, 0.6) is 0 Å². The normalized spacial score (nSPS) is 14.4. The summed E-state index contributed by atoms with van der Waals surface area (Å²) in [6.07, 6.45) is 5.15. The molecule has 0 radical (unpaired) electrons. The molecule has 78 valence electrons. The summed E-state index contributed by atoms with van der Waals surface area (Å²) in [5.74, 6) is -0.984. The first-order chi connectivity index (χ1) is 6.74. The van der Waals surface area contributed by atoms with Crippen LogP contribution in [-0.4, -0.2) is 34.2 Å². The molecule has 1 aliphatic carbocycles. The molecule has 0 spiro atoms. The fraction of sp³-hybridized carbons (Fsp3) is 0.500. The van der Waals surface area contributed by atoms with Gasteiger partial charge in [0.05, 0.1) is 19.6 Å². The van der Waals surface area contributed by atoms with Crippen molar-refractivity contribution in [3.05, 3.63) is 18.2 Å². The SMILES string of the molecule is CONC1CC1.O=C(O)c1cnc[nH]1. The van der Waals surface area contributed by atoms with Crippen molar-refractivity contribution in [2.75, 3.05) is 7.11 Å². The van der Waals surface area contributed by atoms with Crippen LogP contribution in [0.1, 0.15) is 23.3 Å². The number of aromatic amines is 1. The number of carboxylic acid groups (broad SMARTS) is 1. The molecule has 1 aliphatic rings. The van der Waals surface area contributed by atoms with Crippen LogP contribution in [0.15, 0.2) is 12.5 Å². The number of aromatic carboxylic acids is 1. The van der Waals surface area contributed by atoms with E-state index in [1.807, 2.05) is 0 Å². The largest absolute Gasteiger partial charge is 0.477 e. The van der Waals surface area contributed by atoms with Crippen molar-refractivity contribution in [1.82, 2.24) is 15.4 Å². The smallest absolute Gasteiger partial charge is 0.353 e. The van der Waals surface area contributed by atoms with Gasteiger partial charge in [0, 0.05) is 6.04 Å². The molecule has 0 bridgehead atoms. The molecule has 1 fully saturated rings. The molecule has 14 heavy (non-hydrogen) atoms. The van der Waals surface area contributed by atoms with Gasteiger partial charge >= 0.3 is 5.97 Å². The maximum atomic E-state index is 9.99. The number of imidazole rings is 1. The lowest BCUT2D eigenvalue weighted by atomic mass is 10.5. The molecule has 2 rings (SSSR count). The molecule has 1 aromatic heterocycles. The topological polar surface area (TPSA) is 87.2 Å². The fourth-order valence-electron chi connectivity index (χ4n) is 0.741. The Kier molecular flexibility index (Phi) is 4.09. The van der Waals surface area contributed by atoms with Gasteiger partial charge in [-0.25, -0.2) is 9.78 Å². The van der Waals surface area contributed by atoms with Gasteiger partial charge in [0.2, 0.25) is 0 Å². The lowest BCUT2D eigenvalue weighted by Crippen LogP contribution is -2.12. The second kappa shape index (κ2) is 5.36. The molecule has 3 N–H and O–H groups in total. The van der Waals surface area contributed by atoms with Crippen LogP contribution in [0.3, 0.4) is 0 Å². The zero-order valence-electron chi connectivity index (χ0n) is 7.86. The van der Waals surface area contributed by atoms with E-state index >= 15 is 0 Å². The number of H-pyrrole nitrogens is 1. The Balaban J connectivity index is 0.000000146. The highest BCUT2D eigenvalue weighted by molar-refractivity contribution is 5.84. The number of rotatable bonds is 3. The van der Waals surface area contributed by atoms with Crippen molar-refractivity contribution < 1.29 is 14.7 Å². The molecular formula is C8H13N3O3. The van der Waals surface area contributed by atoms with Gasteiger partial charge in [-0.15, -0.1) is 0 Å². The van der Waals surface area contributed by atoms with Crippen LogP contribution < -0.4 is 5.48 Å². The van der Waals surface area contributed by atoms with Gasteiger partial charge in [-0.2, -0.15) is 5.48 Å². The molecule has 6 heteroatoms. The third-order valence-corrected chi connectivity index (χ3v) is 1.59. The highest BCUT2D eigenvalue weighted by atomic mass is 16.6. The minimum Gasteiger partial charge on any atom is -0.477 e. The number of carboxylic acids is 1. The first-order valence-corrected chi connectivity index (χ1v) is 4.24. The van der Waals surface area contributed by atoms with E-state index in [4.69, 9.17) is 5.11 Å². The van der Waals surface area contributed by atoms with E-state index in [0.717, 1.165) is 0 Å². The van der Waals surface area contributed by atoms with Crippen molar-refractivity contribution in [2.24, 2.45) is 0 Å². The van der Waals surface area contributed by atoms with Gasteiger partial charge in [-0.1, -0.05) is 0 Å². The van der Waals surface area contributed by atoms with Crippen LogP contribution in [-0.2, 0) is 4.84 Å². The molecule has 1 aromatic rings. The minimum atomic E-state index is -0.984. The average molecular weight is 199 g/mol. The lowest BCUT2D eigenvalue weighted by Gasteiger charge is -1.91. The molecule has 0 unspecified atom stereocenters. The molecule has 1 heterocycles. The van der Waals surface area contributed by atoms with E-state index in [-0.39, 0.29) is 5.69 Å². The molecule has 0 saturated heterocycles. The quantitative estimate of drug-likeness (QED) is 0.613. The number of hydroxylamine groups is 1. The fourth-order valence-corrected chi connectivity index (χ4v) is 0.741. The maximum absolute atomic E-state index is 9.99. The van der Waals surface area contributed by atoms with Gasteiger partial charge in [0.25, 0.3) is 0 Å². The van der Waals surface area contributed by atoms with Crippen molar-refractivity contribution in [3.63, 3.8) is 0 Å². The van der Waals surface area contributed by atoms with Gasteiger partial charge in [0.15, 0.2) is 0 Å². The molecule has 0 atom stereocenters. The summed E-state index contributed by atoms with van der Waals surface area (Å²) in [6.45, 7) is 0. The Morgan fingerprint density at radius 1 is 1.79 bits per heavy atom. The summed E-state index contributed by atoms with van der Waals surface area (Å²) >= 11 is 0. The monoisotopic (exact) mass is 199 g/mol. The Morgan fingerprint density at radius 2 is 2.50 bits per heavy atom. The third-order valence-electron chi connectivity index (χ3n) is 1.59. The summed E-state index contributed by atoms with van der Waals surface area (Å²) in [5, 5.41) is 8.20. The standard InChI is InChI=1S/C4H4N2O2.C4H9NO/c7-4(8)3-1-5-2-6-3;1-6-5-4-2-3-4/h1-2H,(H,5,6)(H,7,8);4-5H,2-3H2,1H3. The second-order valence-corrected chi connectivity index (χ2v) is 2.87. The molecule has 1 saturated carbocycles.